The van der Waals surface area contributed by atoms with E-state index in [-0.39, 0.29) is 17.9 Å². The summed E-state index contributed by atoms with van der Waals surface area (Å²) in [6.07, 6.45) is 3.38. The molecule has 0 fully saturated rings. The molecule has 0 radical (unpaired) electrons. The lowest BCUT2D eigenvalue weighted by molar-refractivity contribution is -0.130. The molecule has 3 aromatic heterocycles. The number of fused-ring (bicyclic) bond motifs is 2. The average molecular weight is 517 g/mol. The van der Waals surface area contributed by atoms with Crippen molar-refractivity contribution in [2.75, 3.05) is 7.11 Å². The molecule has 2 aromatic carbocycles. The number of rotatable bonds is 6. The fourth-order valence-corrected chi connectivity index (χ4v) is 5.23. The molecule has 0 aliphatic carbocycles. The quantitative estimate of drug-likeness (QED) is 0.280. The number of halogens is 1. The number of carbonyl (C=O) groups excluding carboxylic acids is 2. The molecular weight excluding hydrogens is 496 g/mol. The largest absolute Gasteiger partial charge is 0.503 e. The monoisotopic (exact) mass is 516 g/mol. The van der Waals surface area contributed by atoms with Gasteiger partial charge in [-0.05, 0) is 30.3 Å². The zero-order valence-electron chi connectivity index (χ0n) is 19.9. The van der Waals surface area contributed by atoms with Gasteiger partial charge in [-0.15, -0.1) is 0 Å². The standard InChI is InChI=1S/C28H21ClN2O6/c1-30-14-19(18-7-3-4-8-20(18)30)24-23(26(33)28(34)31(24)13-17-6-5-9-36-17)25(32)21-11-15-10-16(29)12-22(35-2)27(15)37-21/h3-12,14,24,33H,13H2,1-2H3. The predicted octanol–water partition coefficient (Wildman–Crippen LogP) is 5.96. The molecule has 0 saturated carbocycles. The van der Waals surface area contributed by atoms with E-state index in [0.717, 1.165) is 10.9 Å². The number of aromatic nitrogens is 1. The van der Waals surface area contributed by atoms with Crippen LogP contribution in [0.2, 0.25) is 5.02 Å². The van der Waals surface area contributed by atoms with Gasteiger partial charge in [0.15, 0.2) is 22.9 Å². The third-order valence-electron chi connectivity index (χ3n) is 6.67. The maximum absolute atomic E-state index is 13.9. The van der Waals surface area contributed by atoms with Gasteiger partial charge in [-0.1, -0.05) is 29.8 Å². The maximum Gasteiger partial charge on any atom is 0.290 e. The first-order valence-corrected chi connectivity index (χ1v) is 11.9. The van der Waals surface area contributed by atoms with Gasteiger partial charge >= 0.3 is 0 Å². The van der Waals surface area contributed by atoms with Crippen LogP contribution in [0.5, 0.6) is 5.75 Å². The van der Waals surface area contributed by atoms with E-state index in [9.17, 15) is 14.7 Å². The highest BCUT2D eigenvalue weighted by Gasteiger charge is 2.46. The number of aryl methyl sites for hydroxylation is 1. The fourth-order valence-electron chi connectivity index (χ4n) is 5.02. The van der Waals surface area contributed by atoms with Crippen LogP contribution in [0, 0.1) is 0 Å². The Labute approximate surface area is 215 Å². The van der Waals surface area contributed by atoms with Gasteiger partial charge in [-0.3, -0.25) is 9.59 Å². The molecule has 186 valence electrons. The number of nitrogens with zero attached hydrogens (tertiary/aromatic N) is 2. The number of furan rings is 2. The van der Waals surface area contributed by atoms with E-state index in [4.69, 9.17) is 25.2 Å². The van der Waals surface area contributed by atoms with Gasteiger partial charge in [0.25, 0.3) is 5.91 Å². The zero-order valence-corrected chi connectivity index (χ0v) is 20.7. The normalized spacial score (nSPS) is 15.9. The molecule has 1 aliphatic rings. The minimum Gasteiger partial charge on any atom is -0.503 e. The number of aliphatic hydroxyl groups is 1. The molecule has 1 atom stereocenters. The topological polar surface area (TPSA) is 98.0 Å². The van der Waals surface area contributed by atoms with Crippen LogP contribution in [0.25, 0.3) is 21.9 Å². The van der Waals surface area contributed by atoms with Gasteiger partial charge in [0.1, 0.15) is 5.76 Å². The summed E-state index contributed by atoms with van der Waals surface area (Å²) in [6.45, 7) is 0.0596. The van der Waals surface area contributed by atoms with Crippen LogP contribution in [0.1, 0.15) is 27.9 Å². The number of ketones is 1. The Morgan fingerprint density at radius 2 is 1.97 bits per heavy atom. The second-order valence-electron chi connectivity index (χ2n) is 8.86. The van der Waals surface area contributed by atoms with Crippen molar-refractivity contribution in [3.05, 3.63) is 100 Å². The highest BCUT2D eigenvalue weighted by Crippen LogP contribution is 2.44. The molecule has 0 spiro atoms. The Morgan fingerprint density at radius 1 is 1.16 bits per heavy atom. The number of Topliss-reactive ketones (excluding diaryl/α,β-unsaturated/α-hetero) is 1. The van der Waals surface area contributed by atoms with Crippen molar-refractivity contribution in [1.29, 1.82) is 0 Å². The van der Waals surface area contributed by atoms with Crippen molar-refractivity contribution in [2.24, 2.45) is 7.05 Å². The highest BCUT2D eigenvalue weighted by molar-refractivity contribution is 6.31. The van der Waals surface area contributed by atoms with Gasteiger partial charge in [0, 0.05) is 46.2 Å². The zero-order chi connectivity index (χ0) is 25.8. The van der Waals surface area contributed by atoms with Crippen LogP contribution in [0.4, 0.5) is 0 Å². The number of hydrogen-bond donors (Lipinski definition) is 1. The van der Waals surface area contributed by atoms with E-state index in [1.807, 2.05) is 42.1 Å². The van der Waals surface area contributed by atoms with Crippen LogP contribution in [0.15, 0.2) is 87.2 Å². The van der Waals surface area contributed by atoms with E-state index in [2.05, 4.69) is 0 Å². The fraction of sp³-hybridized carbons (Fsp3) is 0.143. The number of aliphatic hydroxyl groups excluding tert-OH is 1. The Hall–Kier alpha value is -4.43. The average Bonchev–Trinajstić information content (AvgIpc) is 3.67. The molecule has 0 bridgehead atoms. The lowest BCUT2D eigenvalue weighted by Gasteiger charge is -2.25. The predicted molar refractivity (Wildman–Crippen MR) is 137 cm³/mol. The van der Waals surface area contributed by atoms with Gasteiger partial charge in [-0.2, -0.15) is 0 Å². The first kappa shape index (κ1) is 23.0. The van der Waals surface area contributed by atoms with Crippen LogP contribution >= 0.6 is 11.6 Å². The summed E-state index contributed by atoms with van der Waals surface area (Å²) >= 11 is 6.19. The van der Waals surface area contributed by atoms with Crippen LogP contribution in [-0.4, -0.2) is 33.4 Å². The third-order valence-corrected chi connectivity index (χ3v) is 6.89. The number of benzene rings is 2. The van der Waals surface area contributed by atoms with E-state index in [1.54, 1.807) is 24.3 Å². The van der Waals surface area contributed by atoms with Crippen LogP contribution in [0.3, 0.4) is 0 Å². The Morgan fingerprint density at radius 3 is 2.73 bits per heavy atom. The van der Waals surface area contributed by atoms with Crippen molar-refractivity contribution in [3.8, 4) is 5.75 Å². The van der Waals surface area contributed by atoms with E-state index in [0.29, 0.717) is 33.1 Å². The lowest BCUT2D eigenvalue weighted by atomic mass is 9.94. The molecule has 1 aliphatic heterocycles. The summed E-state index contributed by atoms with van der Waals surface area (Å²) in [5.74, 6) is -1.07. The first-order valence-electron chi connectivity index (χ1n) is 11.5. The van der Waals surface area contributed by atoms with Crippen LogP contribution in [-0.2, 0) is 18.4 Å². The summed E-state index contributed by atoms with van der Waals surface area (Å²) in [4.78, 5) is 28.7. The van der Waals surface area contributed by atoms with Crippen molar-refractivity contribution in [2.45, 2.75) is 12.6 Å². The third kappa shape index (κ3) is 3.60. The molecule has 37 heavy (non-hydrogen) atoms. The Kier molecular flexibility index (Phi) is 5.35. The molecule has 1 amide bonds. The highest BCUT2D eigenvalue weighted by atomic mass is 35.5. The Bertz CT molecular complexity index is 1730. The molecule has 0 saturated heterocycles. The smallest absolute Gasteiger partial charge is 0.290 e. The van der Waals surface area contributed by atoms with Gasteiger partial charge < -0.3 is 28.1 Å². The molecular formula is C28H21ClN2O6. The van der Waals surface area contributed by atoms with Crippen molar-refractivity contribution >= 4 is 45.2 Å². The van der Waals surface area contributed by atoms with E-state index < -0.39 is 23.5 Å². The number of ether oxygens (including phenoxy) is 1. The SMILES string of the molecule is COc1cc(Cl)cc2cc(C(=O)C3=C(O)C(=O)N(Cc4ccco4)C3c3cn(C)c4ccccc34)oc12. The van der Waals surface area contributed by atoms with E-state index in [1.165, 1.54) is 24.3 Å². The summed E-state index contributed by atoms with van der Waals surface area (Å²) in [5.41, 5.74) is 1.89. The number of carbonyl (C=O) groups is 2. The minimum atomic E-state index is -0.880. The molecule has 5 aromatic rings. The summed E-state index contributed by atoms with van der Waals surface area (Å²) < 4.78 is 18.7. The van der Waals surface area contributed by atoms with Crippen LogP contribution < -0.4 is 4.74 Å². The minimum absolute atomic E-state index is 0.0463. The van der Waals surface area contributed by atoms with Crippen molar-refractivity contribution in [1.82, 2.24) is 9.47 Å². The number of methoxy groups -OCH3 is 1. The maximum atomic E-state index is 13.9. The number of para-hydroxylation sites is 1. The summed E-state index contributed by atoms with van der Waals surface area (Å²) in [7, 11) is 3.36. The molecule has 1 unspecified atom stereocenters. The molecule has 8 nitrogen and oxygen atoms in total. The molecule has 6 rings (SSSR count). The molecule has 4 heterocycles. The first-order chi connectivity index (χ1) is 17.9. The van der Waals surface area contributed by atoms with Crippen molar-refractivity contribution in [3.63, 3.8) is 0 Å². The Balaban J connectivity index is 1.52. The van der Waals surface area contributed by atoms with Gasteiger partial charge in [0.2, 0.25) is 5.78 Å². The van der Waals surface area contributed by atoms with Crippen molar-refractivity contribution < 1.29 is 28.3 Å². The van der Waals surface area contributed by atoms with Gasteiger partial charge in [0.05, 0.1) is 31.5 Å². The second kappa shape index (κ2) is 8.60. The summed E-state index contributed by atoms with van der Waals surface area (Å²) in [5, 5.41) is 12.9. The number of hydrogen-bond acceptors (Lipinski definition) is 6. The summed E-state index contributed by atoms with van der Waals surface area (Å²) in [6, 6.07) is 15.0. The number of amides is 1. The lowest BCUT2D eigenvalue weighted by Crippen LogP contribution is -2.30. The molecule has 9 heteroatoms. The second-order valence-corrected chi connectivity index (χ2v) is 9.29. The molecule has 1 N–H and O–H groups in total. The van der Waals surface area contributed by atoms with E-state index >= 15 is 0 Å². The van der Waals surface area contributed by atoms with Gasteiger partial charge in [-0.25, -0.2) is 0 Å².